The maximum absolute atomic E-state index is 12.0. The van der Waals surface area contributed by atoms with Gasteiger partial charge in [0.25, 0.3) is 0 Å². The fourth-order valence-electron chi connectivity index (χ4n) is 2.34. The average molecular weight is 263 g/mol. The molecular weight excluding hydrogens is 242 g/mol. The fourth-order valence-corrected chi connectivity index (χ4v) is 3.23. The van der Waals surface area contributed by atoms with Gasteiger partial charge >= 0.3 is 0 Å². The highest BCUT2D eigenvalue weighted by molar-refractivity contribution is 7.99. The maximum Gasteiger partial charge on any atom is 0.232 e. The van der Waals surface area contributed by atoms with E-state index in [0.717, 1.165) is 25.3 Å². The van der Waals surface area contributed by atoms with Crippen LogP contribution in [0.25, 0.3) is 0 Å². The Bertz CT molecular complexity index is 379. The molecule has 1 aliphatic rings. The van der Waals surface area contributed by atoms with E-state index < -0.39 is 0 Å². The fraction of sp³-hybridized carbons (Fsp3) is 0.533. The first kappa shape index (κ1) is 13.5. The number of benzene rings is 1. The molecule has 0 unspecified atom stereocenters. The Morgan fingerprint density at radius 3 is 2.89 bits per heavy atom. The van der Waals surface area contributed by atoms with Gasteiger partial charge in [0.1, 0.15) is 0 Å². The smallest absolute Gasteiger partial charge is 0.232 e. The number of carbonyl (C=O) groups excluding carboxylic acids is 1. The predicted octanol–water partition coefficient (Wildman–Crippen LogP) is 3.18. The zero-order valence-electron chi connectivity index (χ0n) is 11.0. The summed E-state index contributed by atoms with van der Waals surface area (Å²) < 4.78 is 0. The lowest BCUT2D eigenvalue weighted by molar-refractivity contribution is -0.130. The molecule has 0 bridgehead atoms. The first-order valence-corrected chi connectivity index (χ1v) is 7.80. The van der Waals surface area contributed by atoms with Gasteiger partial charge in [-0.15, -0.1) is 11.8 Å². The SMILES string of the molecule is C[C@@H]1CCCN(C(=O)CSCc2ccccc2)C1. The van der Waals surface area contributed by atoms with Crippen molar-refractivity contribution in [3.63, 3.8) is 0 Å². The second-order valence-electron chi connectivity index (χ2n) is 5.07. The third-order valence-electron chi connectivity index (χ3n) is 3.35. The second-order valence-corrected chi connectivity index (χ2v) is 6.05. The number of nitrogens with zero attached hydrogens (tertiary/aromatic N) is 1. The molecule has 1 atom stereocenters. The third kappa shape index (κ3) is 4.05. The summed E-state index contributed by atoms with van der Waals surface area (Å²) >= 11 is 1.72. The number of hydrogen-bond acceptors (Lipinski definition) is 2. The Kier molecular flexibility index (Phi) is 5.12. The molecule has 1 aromatic rings. The molecule has 0 N–H and O–H groups in total. The number of carbonyl (C=O) groups is 1. The minimum atomic E-state index is 0.308. The lowest BCUT2D eigenvalue weighted by Crippen LogP contribution is -2.40. The van der Waals surface area contributed by atoms with E-state index >= 15 is 0 Å². The largest absolute Gasteiger partial charge is 0.342 e. The summed E-state index contributed by atoms with van der Waals surface area (Å²) in [5.74, 6) is 2.52. The third-order valence-corrected chi connectivity index (χ3v) is 4.34. The summed E-state index contributed by atoms with van der Waals surface area (Å²) in [7, 11) is 0. The van der Waals surface area contributed by atoms with Crippen LogP contribution in [0.1, 0.15) is 25.3 Å². The van der Waals surface area contributed by atoms with Crippen LogP contribution in [0.3, 0.4) is 0 Å². The van der Waals surface area contributed by atoms with Gasteiger partial charge < -0.3 is 4.90 Å². The lowest BCUT2D eigenvalue weighted by Gasteiger charge is -2.30. The quantitative estimate of drug-likeness (QED) is 0.831. The number of thioether (sulfide) groups is 1. The van der Waals surface area contributed by atoms with Gasteiger partial charge in [-0.05, 0) is 24.3 Å². The highest BCUT2D eigenvalue weighted by Crippen LogP contribution is 2.18. The predicted molar refractivity (Wildman–Crippen MR) is 77.6 cm³/mol. The zero-order chi connectivity index (χ0) is 12.8. The summed E-state index contributed by atoms with van der Waals surface area (Å²) in [6, 6.07) is 10.3. The van der Waals surface area contributed by atoms with Gasteiger partial charge in [0.15, 0.2) is 0 Å². The summed E-state index contributed by atoms with van der Waals surface area (Å²) in [5.41, 5.74) is 1.29. The minimum absolute atomic E-state index is 0.308. The second kappa shape index (κ2) is 6.83. The highest BCUT2D eigenvalue weighted by Gasteiger charge is 2.20. The number of rotatable bonds is 4. The number of piperidine rings is 1. The van der Waals surface area contributed by atoms with Crippen molar-refractivity contribution in [2.45, 2.75) is 25.5 Å². The molecule has 0 radical (unpaired) electrons. The van der Waals surface area contributed by atoms with Crippen LogP contribution in [-0.2, 0) is 10.5 Å². The van der Waals surface area contributed by atoms with E-state index in [1.54, 1.807) is 11.8 Å². The molecule has 0 saturated carbocycles. The van der Waals surface area contributed by atoms with Crippen LogP contribution in [0.5, 0.6) is 0 Å². The molecule has 1 amide bonds. The number of hydrogen-bond donors (Lipinski definition) is 0. The van der Waals surface area contributed by atoms with Crippen molar-refractivity contribution in [1.82, 2.24) is 4.90 Å². The summed E-state index contributed by atoms with van der Waals surface area (Å²) in [5, 5.41) is 0. The van der Waals surface area contributed by atoms with Gasteiger partial charge in [0, 0.05) is 18.8 Å². The molecule has 2 nitrogen and oxygen atoms in total. The van der Waals surface area contributed by atoms with E-state index in [2.05, 4.69) is 19.1 Å². The topological polar surface area (TPSA) is 20.3 Å². The standard InChI is InChI=1S/C15H21NOS/c1-13-6-5-9-16(10-13)15(17)12-18-11-14-7-3-2-4-8-14/h2-4,7-8,13H,5-6,9-12H2,1H3/t13-/m1/s1. The molecular formula is C15H21NOS. The van der Waals surface area contributed by atoms with E-state index in [1.807, 2.05) is 23.1 Å². The van der Waals surface area contributed by atoms with Crippen molar-refractivity contribution < 1.29 is 4.79 Å². The monoisotopic (exact) mass is 263 g/mol. The summed E-state index contributed by atoms with van der Waals surface area (Å²) in [6.45, 7) is 4.14. The average Bonchev–Trinajstić information content (AvgIpc) is 2.40. The molecule has 0 aromatic heterocycles. The lowest BCUT2D eigenvalue weighted by atomic mass is 10.0. The van der Waals surface area contributed by atoms with Gasteiger partial charge in [0.05, 0.1) is 5.75 Å². The van der Waals surface area contributed by atoms with Crippen LogP contribution in [-0.4, -0.2) is 29.6 Å². The van der Waals surface area contributed by atoms with E-state index in [1.165, 1.54) is 12.0 Å². The van der Waals surface area contributed by atoms with Crippen LogP contribution in [0.2, 0.25) is 0 Å². The van der Waals surface area contributed by atoms with Crippen LogP contribution >= 0.6 is 11.8 Å². The molecule has 1 fully saturated rings. The molecule has 18 heavy (non-hydrogen) atoms. The Hall–Kier alpha value is -0.960. The number of likely N-dealkylation sites (tertiary alicyclic amines) is 1. The van der Waals surface area contributed by atoms with Crippen molar-refractivity contribution in [2.75, 3.05) is 18.8 Å². The Labute approximate surface area is 114 Å². The normalized spacial score (nSPS) is 19.8. The molecule has 3 heteroatoms. The van der Waals surface area contributed by atoms with Crippen molar-refractivity contribution in [2.24, 2.45) is 5.92 Å². The van der Waals surface area contributed by atoms with Gasteiger partial charge in [-0.2, -0.15) is 0 Å². The molecule has 1 aromatic carbocycles. The van der Waals surface area contributed by atoms with E-state index in [9.17, 15) is 4.79 Å². The number of amides is 1. The van der Waals surface area contributed by atoms with Crippen LogP contribution in [0.4, 0.5) is 0 Å². The van der Waals surface area contributed by atoms with Crippen molar-refractivity contribution in [3.8, 4) is 0 Å². The molecule has 2 rings (SSSR count). The zero-order valence-corrected chi connectivity index (χ0v) is 11.8. The minimum Gasteiger partial charge on any atom is -0.342 e. The van der Waals surface area contributed by atoms with Crippen molar-refractivity contribution in [1.29, 1.82) is 0 Å². The molecule has 0 aliphatic carbocycles. The first-order valence-electron chi connectivity index (χ1n) is 6.65. The van der Waals surface area contributed by atoms with Gasteiger partial charge in [0.2, 0.25) is 5.91 Å². The molecule has 1 heterocycles. The van der Waals surface area contributed by atoms with Gasteiger partial charge in [-0.25, -0.2) is 0 Å². The maximum atomic E-state index is 12.0. The van der Waals surface area contributed by atoms with Crippen LogP contribution < -0.4 is 0 Å². The molecule has 98 valence electrons. The van der Waals surface area contributed by atoms with Gasteiger partial charge in [-0.1, -0.05) is 37.3 Å². The molecule has 1 saturated heterocycles. The van der Waals surface area contributed by atoms with Crippen molar-refractivity contribution >= 4 is 17.7 Å². The van der Waals surface area contributed by atoms with Crippen LogP contribution in [0, 0.1) is 5.92 Å². The Morgan fingerprint density at radius 1 is 1.39 bits per heavy atom. The van der Waals surface area contributed by atoms with E-state index in [0.29, 0.717) is 17.6 Å². The highest BCUT2D eigenvalue weighted by atomic mass is 32.2. The summed E-state index contributed by atoms with van der Waals surface area (Å²) in [4.78, 5) is 14.1. The van der Waals surface area contributed by atoms with Crippen molar-refractivity contribution in [3.05, 3.63) is 35.9 Å². The Morgan fingerprint density at radius 2 is 2.17 bits per heavy atom. The van der Waals surface area contributed by atoms with Gasteiger partial charge in [-0.3, -0.25) is 4.79 Å². The first-order chi connectivity index (χ1) is 8.75. The molecule has 1 aliphatic heterocycles. The Balaban J connectivity index is 1.71. The summed E-state index contributed by atoms with van der Waals surface area (Å²) in [6.07, 6.45) is 2.43. The van der Waals surface area contributed by atoms with E-state index in [-0.39, 0.29) is 0 Å². The van der Waals surface area contributed by atoms with Crippen LogP contribution in [0.15, 0.2) is 30.3 Å². The molecule has 0 spiro atoms. The van der Waals surface area contributed by atoms with E-state index in [4.69, 9.17) is 0 Å².